The normalized spacial score (nSPS) is 10.2. The van der Waals surface area contributed by atoms with E-state index in [9.17, 15) is 4.39 Å². The molecule has 88 valence electrons. The molecule has 0 atom stereocenters. The first kappa shape index (κ1) is 11.4. The number of rotatable bonds is 2. The zero-order chi connectivity index (χ0) is 12.4. The second kappa shape index (κ2) is 4.42. The van der Waals surface area contributed by atoms with Crippen LogP contribution in [0.4, 0.5) is 27.7 Å². The molecule has 0 unspecified atom stereocenters. The fourth-order valence-electron chi connectivity index (χ4n) is 1.29. The van der Waals surface area contributed by atoms with E-state index in [1.165, 1.54) is 18.2 Å². The third-order valence-electron chi connectivity index (χ3n) is 1.98. The summed E-state index contributed by atoms with van der Waals surface area (Å²) in [5.74, 6) is -0.0253. The monoisotopic (exact) mass is 253 g/mol. The largest absolute Gasteiger partial charge is 0.383 e. The molecule has 0 aliphatic rings. The summed E-state index contributed by atoms with van der Waals surface area (Å²) < 4.78 is 13.5. The molecule has 1 aromatic carbocycles. The first-order chi connectivity index (χ1) is 8.06. The minimum atomic E-state index is -0.492. The van der Waals surface area contributed by atoms with E-state index < -0.39 is 5.82 Å². The zero-order valence-corrected chi connectivity index (χ0v) is 9.37. The average molecular weight is 254 g/mol. The van der Waals surface area contributed by atoms with Gasteiger partial charge < -0.3 is 16.8 Å². The second-order valence-corrected chi connectivity index (χ2v) is 3.67. The lowest BCUT2D eigenvalue weighted by Gasteiger charge is -2.09. The molecule has 5 nitrogen and oxygen atoms in total. The SMILES string of the molecule is Nc1cc(Nc2c(F)cccc2Cl)nc(N)n1. The summed E-state index contributed by atoms with van der Waals surface area (Å²) in [6.45, 7) is 0. The highest BCUT2D eigenvalue weighted by Crippen LogP contribution is 2.27. The summed E-state index contributed by atoms with van der Waals surface area (Å²) in [6, 6.07) is 5.77. The molecular formula is C10H9ClFN5. The van der Waals surface area contributed by atoms with Gasteiger partial charge in [0, 0.05) is 6.07 Å². The first-order valence-corrected chi connectivity index (χ1v) is 5.05. The highest BCUT2D eigenvalue weighted by molar-refractivity contribution is 6.33. The Morgan fingerprint density at radius 3 is 2.65 bits per heavy atom. The number of anilines is 4. The Morgan fingerprint density at radius 2 is 2.00 bits per heavy atom. The van der Waals surface area contributed by atoms with Crippen molar-refractivity contribution in [2.45, 2.75) is 0 Å². The van der Waals surface area contributed by atoms with Gasteiger partial charge in [-0.3, -0.25) is 0 Å². The second-order valence-electron chi connectivity index (χ2n) is 3.26. The van der Waals surface area contributed by atoms with Gasteiger partial charge in [-0.15, -0.1) is 0 Å². The number of nitrogens with zero attached hydrogens (tertiary/aromatic N) is 2. The summed E-state index contributed by atoms with van der Waals surface area (Å²) in [5.41, 5.74) is 11.0. The van der Waals surface area contributed by atoms with Crippen molar-refractivity contribution in [1.82, 2.24) is 9.97 Å². The Kier molecular flexibility index (Phi) is 2.97. The summed E-state index contributed by atoms with van der Waals surface area (Å²) in [6.07, 6.45) is 0. The maximum atomic E-state index is 13.5. The van der Waals surface area contributed by atoms with Gasteiger partial charge in [0.25, 0.3) is 0 Å². The maximum Gasteiger partial charge on any atom is 0.223 e. The van der Waals surface area contributed by atoms with Crippen molar-refractivity contribution in [3.8, 4) is 0 Å². The van der Waals surface area contributed by atoms with Gasteiger partial charge in [0.05, 0.1) is 10.7 Å². The maximum absolute atomic E-state index is 13.5. The van der Waals surface area contributed by atoms with E-state index in [0.29, 0.717) is 0 Å². The molecule has 1 heterocycles. The number of hydrogen-bond acceptors (Lipinski definition) is 5. The van der Waals surface area contributed by atoms with Crippen molar-refractivity contribution in [3.63, 3.8) is 0 Å². The van der Waals surface area contributed by atoms with Crippen LogP contribution < -0.4 is 16.8 Å². The van der Waals surface area contributed by atoms with Gasteiger partial charge in [-0.2, -0.15) is 9.97 Å². The number of para-hydroxylation sites is 1. The molecule has 0 saturated heterocycles. The number of nitrogen functional groups attached to an aromatic ring is 2. The number of nitrogens with one attached hydrogen (secondary N) is 1. The van der Waals surface area contributed by atoms with Crippen LogP contribution in [0.2, 0.25) is 5.02 Å². The van der Waals surface area contributed by atoms with Crippen LogP contribution in [-0.4, -0.2) is 9.97 Å². The standard InChI is InChI=1S/C10H9ClFN5/c11-5-2-1-3-6(12)9(5)16-8-4-7(13)15-10(14)17-8/h1-4H,(H5,13,14,15,16,17). The van der Waals surface area contributed by atoms with Gasteiger partial charge >= 0.3 is 0 Å². The highest BCUT2D eigenvalue weighted by atomic mass is 35.5. The molecule has 0 saturated carbocycles. The minimum absolute atomic E-state index is 0.0000354. The molecule has 0 fully saturated rings. The van der Waals surface area contributed by atoms with E-state index in [0.717, 1.165) is 0 Å². The summed E-state index contributed by atoms with van der Waals surface area (Å²) in [5, 5.41) is 2.94. The lowest BCUT2D eigenvalue weighted by atomic mass is 10.3. The van der Waals surface area contributed by atoms with Gasteiger partial charge in [0.2, 0.25) is 5.95 Å². The molecule has 7 heteroatoms. The summed E-state index contributed by atoms with van der Waals surface area (Å²) >= 11 is 5.85. The van der Waals surface area contributed by atoms with E-state index in [1.807, 2.05) is 0 Å². The van der Waals surface area contributed by atoms with Gasteiger partial charge in [-0.05, 0) is 12.1 Å². The fourth-order valence-corrected chi connectivity index (χ4v) is 1.50. The van der Waals surface area contributed by atoms with Crippen LogP contribution in [0.5, 0.6) is 0 Å². The molecule has 0 aliphatic carbocycles. The minimum Gasteiger partial charge on any atom is -0.383 e. The number of hydrogen-bond donors (Lipinski definition) is 3. The van der Waals surface area contributed by atoms with Crippen LogP contribution in [0, 0.1) is 5.82 Å². The number of aromatic nitrogens is 2. The zero-order valence-electron chi connectivity index (χ0n) is 8.61. The molecule has 0 spiro atoms. The van der Waals surface area contributed by atoms with Crippen molar-refractivity contribution in [3.05, 3.63) is 35.1 Å². The number of halogens is 2. The van der Waals surface area contributed by atoms with Gasteiger partial charge in [-0.1, -0.05) is 17.7 Å². The lowest BCUT2D eigenvalue weighted by Crippen LogP contribution is -2.04. The Balaban J connectivity index is 2.38. The molecule has 2 aromatic rings. The molecule has 0 radical (unpaired) electrons. The van der Waals surface area contributed by atoms with Gasteiger partial charge in [0.15, 0.2) is 0 Å². The predicted molar refractivity (Wildman–Crippen MR) is 65.5 cm³/mol. The van der Waals surface area contributed by atoms with Crippen LogP contribution in [0.25, 0.3) is 0 Å². The molecule has 1 aromatic heterocycles. The van der Waals surface area contributed by atoms with Crippen molar-refractivity contribution >= 4 is 34.9 Å². The predicted octanol–water partition coefficient (Wildman–Crippen LogP) is 2.18. The van der Waals surface area contributed by atoms with Crippen LogP contribution in [-0.2, 0) is 0 Å². The van der Waals surface area contributed by atoms with Gasteiger partial charge in [-0.25, -0.2) is 4.39 Å². The lowest BCUT2D eigenvalue weighted by molar-refractivity contribution is 0.632. The quantitative estimate of drug-likeness (QED) is 0.763. The highest BCUT2D eigenvalue weighted by Gasteiger charge is 2.08. The topological polar surface area (TPSA) is 89.8 Å². The molecule has 2 rings (SSSR count). The van der Waals surface area contributed by atoms with Crippen molar-refractivity contribution < 1.29 is 4.39 Å². The Hall–Kier alpha value is -2.08. The average Bonchev–Trinajstić information content (AvgIpc) is 2.22. The van der Waals surface area contributed by atoms with E-state index in [4.69, 9.17) is 23.1 Å². The van der Waals surface area contributed by atoms with E-state index >= 15 is 0 Å². The summed E-state index contributed by atoms with van der Waals surface area (Å²) in [4.78, 5) is 7.56. The fraction of sp³-hybridized carbons (Fsp3) is 0. The molecule has 0 aliphatic heterocycles. The Labute approximate surface area is 102 Å². The number of nitrogens with two attached hydrogens (primary N) is 2. The van der Waals surface area contributed by atoms with E-state index in [1.54, 1.807) is 6.07 Å². The summed E-state index contributed by atoms with van der Waals surface area (Å²) in [7, 11) is 0. The van der Waals surface area contributed by atoms with Crippen molar-refractivity contribution in [1.29, 1.82) is 0 Å². The number of benzene rings is 1. The molecule has 5 N–H and O–H groups in total. The molecule has 0 bridgehead atoms. The molecule has 0 amide bonds. The van der Waals surface area contributed by atoms with E-state index in [2.05, 4.69) is 15.3 Å². The Morgan fingerprint density at radius 1 is 1.24 bits per heavy atom. The van der Waals surface area contributed by atoms with Crippen LogP contribution in [0.15, 0.2) is 24.3 Å². The van der Waals surface area contributed by atoms with Crippen LogP contribution in [0.1, 0.15) is 0 Å². The molecular weight excluding hydrogens is 245 g/mol. The third kappa shape index (κ3) is 2.54. The third-order valence-corrected chi connectivity index (χ3v) is 2.29. The van der Waals surface area contributed by atoms with Crippen LogP contribution in [0.3, 0.4) is 0 Å². The Bertz CT molecular complexity index is 520. The van der Waals surface area contributed by atoms with E-state index in [-0.39, 0.29) is 28.3 Å². The van der Waals surface area contributed by atoms with Crippen LogP contribution >= 0.6 is 11.6 Å². The van der Waals surface area contributed by atoms with Gasteiger partial charge in [0.1, 0.15) is 17.5 Å². The van der Waals surface area contributed by atoms with Crippen molar-refractivity contribution in [2.75, 3.05) is 16.8 Å². The first-order valence-electron chi connectivity index (χ1n) is 4.67. The van der Waals surface area contributed by atoms with Crippen molar-refractivity contribution in [2.24, 2.45) is 0 Å². The molecule has 17 heavy (non-hydrogen) atoms. The smallest absolute Gasteiger partial charge is 0.223 e.